The highest BCUT2D eigenvalue weighted by molar-refractivity contribution is 7.14. The summed E-state index contributed by atoms with van der Waals surface area (Å²) in [5.74, 6) is 0.662. The van der Waals surface area contributed by atoms with E-state index in [0.29, 0.717) is 41.9 Å². The minimum absolute atomic E-state index is 0.141. The molecule has 2 N–H and O–H groups in total. The molecule has 0 aliphatic carbocycles. The van der Waals surface area contributed by atoms with Crippen LogP contribution in [0, 0.1) is 0 Å². The Hall–Kier alpha value is -3.40. The van der Waals surface area contributed by atoms with E-state index in [1.54, 1.807) is 29.6 Å². The molecule has 1 aliphatic rings. The van der Waals surface area contributed by atoms with Crippen LogP contribution in [-0.4, -0.2) is 40.2 Å². The lowest BCUT2D eigenvalue weighted by Gasteiger charge is -2.22. The average Bonchev–Trinajstić information content (AvgIpc) is 3.52. The Bertz CT molecular complexity index is 1060. The van der Waals surface area contributed by atoms with Crippen LogP contribution in [0.2, 0.25) is 0 Å². The van der Waals surface area contributed by atoms with Gasteiger partial charge in [-0.2, -0.15) is 0 Å². The highest BCUT2D eigenvalue weighted by atomic mass is 32.1. The van der Waals surface area contributed by atoms with Crippen molar-refractivity contribution < 1.29 is 23.2 Å². The lowest BCUT2D eigenvalue weighted by Crippen LogP contribution is -2.43. The summed E-state index contributed by atoms with van der Waals surface area (Å²) in [5.41, 5.74) is 0.583. The number of nitrogens with zero attached hydrogens (tertiary/aromatic N) is 2. The summed E-state index contributed by atoms with van der Waals surface area (Å²) in [4.78, 5) is 42.3. The summed E-state index contributed by atoms with van der Waals surface area (Å²) in [5, 5.41) is 7.66. The van der Waals surface area contributed by atoms with Crippen molar-refractivity contribution in [1.29, 1.82) is 0 Å². The zero-order valence-corrected chi connectivity index (χ0v) is 17.0. The van der Waals surface area contributed by atoms with E-state index in [0.717, 1.165) is 6.42 Å². The Morgan fingerprint density at radius 3 is 2.93 bits per heavy atom. The molecule has 0 unspecified atom stereocenters. The highest BCUT2D eigenvalue weighted by Crippen LogP contribution is 2.28. The van der Waals surface area contributed by atoms with E-state index >= 15 is 0 Å². The molecule has 9 nitrogen and oxygen atoms in total. The summed E-state index contributed by atoms with van der Waals surface area (Å²) < 4.78 is 10.9. The third kappa shape index (κ3) is 4.28. The molecular formula is C20H20N4O5S. The average molecular weight is 428 g/mol. The molecule has 3 aromatic rings. The third-order valence-corrected chi connectivity index (χ3v) is 5.47. The quantitative estimate of drug-likeness (QED) is 0.623. The first kappa shape index (κ1) is 19.9. The van der Waals surface area contributed by atoms with E-state index in [-0.39, 0.29) is 23.5 Å². The van der Waals surface area contributed by atoms with E-state index in [9.17, 15) is 14.4 Å². The fraction of sp³-hybridized carbons (Fsp3) is 0.300. The maximum Gasteiger partial charge on any atom is 0.290 e. The van der Waals surface area contributed by atoms with E-state index in [1.165, 1.54) is 29.4 Å². The van der Waals surface area contributed by atoms with E-state index in [2.05, 4.69) is 15.6 Å². The first-order valence-corrected chi connectivity index (χ1v) is 10.3. The van der Waals surface area contributed by atoms with Crippen LogP contribution in [0.4, 0.5) is 5.13 Å². The second kappa shape index (κ2) is 8.54. The van der Waals surface area contributed by atoms with Crippen LogP contribution < -0.4 is 10.6 Å². The number of amides is 3. The summed E-state index contributed by atoms with van der Waals surface area (Å²) in [6, 6.07) is 6.19. The van der Waals surface area contributed by atoms with Crippen LogP contribution in [-0.2, 0) is 16.1 Å². The van der Waals surface area contributed by atoms with Crippen molar-refractivity contribution in [3.05, 3.63) is 47.4 Å². The number of furan rings is 2. The molecule has 4 rings (SSSR count). The van der Waals surface area contributed by atoms with Gasteiger partial charge in [-0.25, -0.2) is 4.98 Å². The number of anilines is 1. The molecule has 10 heteroatoms. The molecule has 4 heterocycles. The van der Waals surface area contributed by atoms with Crippen molar-refractivity contribution in [3.63, 3.8) is 0 Å². The number of hydrogen-bond acceptors (Lipinski definition) is 7. The molecule has 3 amide bonds. The largest absolute Gasteiger partial charge is 0.459 e. The standard InChI is InChI=1S/C20H20N4O5S/c1-12(25)21-10-13-6-7-16(29-13)14-11-30-20(22-14)23-18(26)15-4-2-8-24(15)19(27)17-5-3-9-28-17/h3,5-7,9,11,15H,2,4,8,10H2,1H3,(H,21,25)(H,22,23,26)/t15-/m0/s1. The number of hydrogen-bond donors (Lipinski definition) is 2. The fourth-order valence-corrected chi connectivity index (χ4v) is 3.98. The normalized spacial score (nSPS) is 15.9. The molecule has 1 fully saturated rings. The van der Waals surface area contributed by atoms with Crippen molar-refractivity contribution in [2.75, 3.05) is 11.9 Å². The van der Waals surface area contributed by atoms with E-state index < -0.39 is 6.04 Å². The lowest BCUT2D eigenvalue weighted by atomic mass is 10.2. The first-order valence-electron chi connectivity index (χ1n) is 9.45. The maximum atomic E-state index is 12.8. The predicted octanol–water partition coefficient (Wildman–Crippen LogP) is 2.88. The van der Waals surface area contributed by atoms with Crippen LogP contribution in [0.25, 0.3) is 11.5 Å². The Labute approximate surface area is 176 Å². The van der Waals surface area contributed by atoms with Crippen molar-refractivity contribution in [2.45, 2.75) is 32.4 Å². The molecule has 0 saturated carbocycles. The lowest BCUT2D eigenvalue weighted by molar-refractivity contribution is -0.120. The van der Waals surface area contributed by atoms with Gasteiger partial charge in [0.2, 0.25) is 11.8 Å². The smallest absolute Gasteiger partial charge is 0.290 e. The Kier molecular flexibility index (Phi) is 5.66. The Morgan fingerprint density at radius 2 is 2.17 bits per heavy atom. The van der Waals surface area contributed by atoms with Gasteiger partial charge in [0, 0.05) is 18.8 Å². The van der Waals surface area contributed by atoms with Gasteiger partial charge >= 0.3 is 0 Å². The highest BCUT2D eigenvalue weighted by Gasteiger charge is 2.35. The molecule has 0 aromatic carbocycles. The van der Waals surface area contributed by atoms with Gasteiger partial charge in [-0.05, 0) is 37.1 Å². The van der Waals surface area contributed by atoms with E-state index in [1.807, 2.05) is 0 Å². The number of thiazole rings is 1. The SMILES string of the molecule is CC(=O)NCc1ccc(-c2csc(NC(=O)[C@@H]3CCCN3C(=O)c3ccco3)n2)o1. The second-order valence-electron chi connectivity index (χ2n) is 6.84. The predicted molar refractivity (Wildman–Crippen MR) is 109 cm³/mol. The summed E-state index contributed by atoms with van der Waals surface area (Å²) in [7, 11) is 0. The van der Waals surface area contributed by atoms with Gasteiger partial charge in [-0.15, -0.1) is 11.3 Å². The van der Waals surface area contributed by atoms with Gasteiger partial charge in [0.15, 0.2) is 16.7 Å². The van der Waals surface area contributed by atoms with Crippen LogP contribution in [0.3, 0.4) is 0 Å². The minimum Gasteiger partial charge on any atom is -0.459 e. The van der Waals surface area contributed by atoms with Crippen LogP contribution in [0.1, 0.15) is 36.1 Å². The number of carbonyl (C=O) groups is 3. The van der Waals surface area contributed by atoms with Crippen LogP contribution in [0.15, 0.2) is 44.7 Å². The minimum atomic E-state index is -0.567. The fourth-order valence-electron chi connectivity index (χ4n) is 3.28. The number of rotatable bonds is 6. The second-order valence-corrected chi connectivity index (χ2v) is 7.69. The molecule has 3 aromatic heterocycles. The molecule has 0 bridgehead atoms. The van der Waals surface area contributed by atoms with Crippen molar-refractivity contribution in [1.82, 2.24) is 15.2 Å². The van der Waals surface area contributed by atoms with Gasteiger partial charge in [-0.3, -0.25) is 14.4 Å². The molecular weight excluding hydrogens is 408 g/mol. The molecule has 1 atom stereocenters. The zero-order chi connectivity index (χ0) is 21.1. The van der Waals surface area contributed by atoms with Gasteiger partial charge in [0.05, 0.1) is 12.8 Å². The van der Waals surface area contributed by atoms with Gasteiger partial charge in [0.1, 0.15) is 17.5 Å². The molecule has 156 valence electrons. The summed E-state index contributed by atoms with van der Waals surface area (Å²) in [6.07, 6.45) is 2.77. The molecule has 1 aliphatic heterocycles. The molecule has 0 radical (unpaired) electrons. The zero-order valence-electron chi connectivity index (χ0n) is 16.2. The molecule has 0 spiro atoms. The van der Waals surface area contributed by atoms with Crippen LogP contribution >= 0.6 is 11.3 Å². The van der Waals surface area contributed by atoms with Crippen molar-refractivity contribution in [2.24, 2.45) is 0 Å². The van der Waals surface area contributed by atoms with Gasteiger partial charge in [-0.1, -0.05) is 0 Å². The van der Waals surface area contributed by atoms with Crippen molar-refractivity contribution in [3.8, 4) is 11.5 Å². The van der Waals surface area contributed by atoms with E-state index in [4.69, 9.17) is 8.83 Å². The summed E-state index contributed by atoms with van der Waals surface area (Å²) in [6.45, 7) is 2.24. The molecule has 1 saturated heterocycles. The van der Waals surface area contributed by atoms with Crippen LogP contribution in [0.5, 0.6) is 0 Å². The monoisotopic (exact) mass is 428 g/mol. The van der Waals surface area contributed by atoms with Gasteiger partial charge in [0.25, 0.3) is 5.91 Å². The Balaban J connectivity index is 1.40. The number of carbonyl (C=O) groups excluding carboxylic acids is 3. The van der Waals surface area contributed by atoms with Crippen molar-refractivity contribution >= 4 is 34.2 Å². The topological polar surface area (TPSA) is 118 Å². The number of nitrogens with one attached hydrogen (secondary N) is 2. The van der Waals surface area contributed by atoms with Gasteiger partial charge < -0.3 is 24.4 Å². The maximum absolute atomic E-state index is 12.8. The molecule has 30 heavy (non-hydrogen) atoms. The number of likely N-dealkylation sites (tertiary alicyclic amines) is 1. The summed E-state index contributed by atoms with van der Waals surface area (Å²) >= 11 is 1.27. The number of aromatic nitrogens is 1. The Morgan fingerprint density at radius 1 is 1.30 bits per heavy atom. The first-order chi connectivity index (χ1) is 14.5. The third-order valence-electron chi connectivity index (χ3n) is 4.71.